The Bertz CT molecular complexity index is 1150. The van der Waals surface area contributed by atoms with E-state index in [1.54, 1.807) is 0 Å². The van der Waals surface area contributed by atoms with Crippen molar-refractivity contribution >= 4 is 34.1 Å². The topological polar surface area (TPSA) is 49.6 Å². The van der Waals surface area contributed by atoms with E-state index in [4.69, 9.17) is 16.6 Å². The third-order valence-electron chi connectivity index (χ3n) is 5.22. The third kappa shape index (κ3) is 3.19. The molecule has 4 aromatic rings. The van der Waals surface area contributed by atoms with E-state index in [-0.39, 0.29) is 0 Å². The zero-order chi connectivity index (χ0) is 19.1. The van der Waals surface area contributed by atoms with Crippen molar-refractivity contribution in [2.24, 2.45) is 0 Å². The Morgan fingerprint density at radius 1 is 0.964 bits per heavy atom. The van der Waals surface area contributed by atoms with Crippen LogP contribution in [0.25, 0.3) is 16.6 Å². The van der Waals surface area contributed by atoms with Crippen molar-refractivity contribution < 1.29 is 0 Å². The Morgan fingerprint density at radius 3 is 2.61 bits per heavy atom. The zero-order valence-corrected chi connectivity index (χ0v) is 16.5. The number of benzene rings is 2. The van der Waals surface area contributed by atoms with E-state index < -0.39 is 0 Å². The number of piperazine rings is 1. The Balaban J connectivity index is 1.40. The number of halogens is 1. The van der Waals surface area contributed by atoms with Crippen LogP contribution in [0.2, 0.25) is 5.02 Å². The zero-order valence-electron chi connectivity index (χ0n) is 15.7. The summed E-state index contributed by atoms with van der Waals surface area (Å²) in [5, 5.41) is 6.43. The van der Waals surface area contributed by atoms with E-state index in [0.717, 1.165) is 66.1 Å². The molecule has 0 aliphatic carbocycles. The van der Waals surface area contributed by atoms with Crippen LogP contribution in [0.15, 0.2) is 48.5 Å². The van der Waals surface area contributed by atoms with Gasteiger partial charge in [-0.3, -0.25) is 4.90 Å². The lowest BCUT2D eigenvalue weighted by Gasteiger charge is -2.35. The molecule has 6 nitrogen and oxygen atoms in total. The van der Waals surface area contributed by atoms with Crippen molar-refractivity contribution in [3.63, 3.8) is 0 Å². The first-order valence-corrected chi connectivity index (χ1v) is 9.89. The van der Waals surface area contributed by atoms with Gasteiger partial charge < -0.3 is 4.90 Å². The molecule has 28 heavy (non-hydrogen) atoms. The molecule has 0 atom stereocenters. The lowest BCUT2D eigenvalue weighted by atomic mass is 10.2. The second-order valence-electron chi connectivity index (χ2n) is 7.22. The fourth-order valence-electron chi connectivity index (χ4n) is 3.85. The quantitative estimate of drug-likeness (QED) is 0.533. The van der Waals surface area contributed by atoms with Gasteiger partial charge in [-0.25, -0.2) is 9.97 Å². The highest BCUT2D eigenvalue weighted by Crippen LogP contribution is 2.24. The molecule has 0 spiro atoms. The van der Waals surface area contributed by atoms with Gasteiger partial charge in [0.1, 0.15) is 5.82 Å². The number of rotatable bonds is 3. The first-order chi connectivity index (χ1) is 13.7. The minimum Gasteiger partial charge on any atom is -0.338 e. The first-order valence-electron chi connectivity index (χ1n) is 9.51. The molecule has 2 aromatic heterocycles. The molecule has 1 saturated heterocycles. The summed E-state index contributed by atoms with van der Waals surface area (Å²) >= 11 is 6.12. The lowest BCUT2D eigenvalue weighted by molar-refractivity contribution is 0.248. The molecule has 1 aliphatic heterocycles. The third-order valence-corrected chi connectivity index (χ3v) is 5.45. The van der Waals surface area contributed by atoms with Gasteiger partial charge >= 0.3 is 0 Å². The predicted molar refractivity (Wildman–Crippen MR) is 112 cm³/mol. The van der Waals surface area contributed by atoms with Gasteiger partial charge in [-0.1, -0.05) is 35.9 Å². The van der Waals surface area contributed by atoms with E-state index in [0.29, 0.717) is 0 Å². The summed E-state index contributed by atoms with van der Waals surface area (Å²) < 4.78 is 1.89. The van der Waals surface area contributed by atoms with Crippen LogP contribution in [0.1, 0.15) is 11.4 Å². The van der Waals surface area contributed by atoms with Crippen LogP contribution >= 0.6 is 11.6 Å². The number of nitrogens with zero attached hydrogens (tertiary/aromatic N) is 6. The fourth-order valence-corrected chi connectivity index (χ4v) is 4.06. The molecule has 0 amide bonds. The Labute approximate surface area is 168 Å². The predicted octanol–water partition coefficient (Wildman–Crippen LogP) is 3.56. The largest absolute Gasteiger partial charge is 0.338 e. The van der Waals surface area contributed by atoms with Crippen molar-refractivity contribution in [2.45, 2.75) is 13.5 Å². The molecule has 1 fully saturated rings. The standard InChI is InChI=1S/C21H21ClN6/c1-15-23-20-18-7-2-3-8-19(18)24-21(28(20)25-15)27-11-9-26(10-12-27)14-16-5-4-6-17(22)13-16/h2-8,13H,9-12,14H2,1H3. The summed E-state index contributed by atoms with van der Waals surface area (Å²) in [6.07, 6.45) is 0. The highest BCUT2D eigenvalue weighted by molar-refractivity contribution is 6.30. The molecule has 0 radical (unpaired) electrons. The number of hydrogen-bond donors (Lipinski definition) is 0. The highest BCUT2D eigenvalue weighted by Gasteiger charge is 2.22. The van der Waals surface area contributed by atoms with Crippen molar-refractivity contribution in [1.29, 1.82) is 0 Å². The van der Waals surface area contributed by atoms with Gasteiger partial charge in [0.2, 0.25) is 5.95 Å². The normalized spacial score (nSPS) is 15.6. The average Bonchev–Trinajstić information content (AvgIpc) is 3.10. The van der Waals surface area contributed by atoms with Gasteiger partial charge in [0.15, 0.2) is 5.65 Å². The lowest BCUT2D eigenvalue weighted by Crippen LogP contribution is -2.46. The van der Waals surface area contributed by atoms with Crippen molar-refractivity contribution in [2.75, 3.05) is 31.1 Å². The molecule has 0 N–H and O–H groups in total. The van der Waals surface area contributed by atoms with Crippen LogP contribution in [-0.2, 0) is 6.54 Å². The molecule has 0 unspecified atom stereocenters. The maximum atomic E-state index is 6.12. The van der Waals surface area contributed by atoms with E-state index in [2.05, 4.69) is 32.0 Å². The Kier molecular flexibility index (Phi) is 4.37. The summed E-state index contributed by atoms with van der Waals surface area (Å²) in [4.78, 5) is 14.3. The fraction of sp³-hybridized carbons (Fsp3) is 0.286. The minimum absolute atomic E-state index is 0.763. The highest BCUT2D eigenvalue weighted by atomic mass is 35.5. The maximum Gasteiger partial charge on any atom is 0.229 e. The van der Waals surface area contributed by atoms with E-state index >= 15 is 0 Å². The van der Waals surface area contributed by atoms with Gasteiger partial charge in [-0.15, -0.1) is 5.10 Å². The SMILES string of the molecule is Cc1nc2c3ccccc3nc(N3CCN(Cc4cccc(Cl)c4)CC3)n2n1. The number of anilines is 1. The van der Waals surface area contributed by atoms with Crippen LogP contribution in [0.5, 0.6) is 0 Å². The van der Waals surface area contributed by atoms with Crippen LogP contribution in [0, 0.1) is 6.92 Å². The summed E-state index contributed by atoms with van der Waals surface area (Å²) in [5.74, 6) is 1.63. The first kappa shape index (κ1) is 17.4. The van der Waals surface area contributed by atoms with Crippen LogP contribution in [0.4, 0.5) is 5.95 Å². The van der Waals surface area contributed by atoms with Gasteiger partial charge in [-0.05, 0) is 36.8 Å². The number of hydrogen-bond acceptors (Lipinski definition) is 5. The van der Waals surface area contributed by atoms with Crippen LogP contribution in [0.3, 0.4) is 0 Å². The molecule has 1 aliphatic rings. The molecule has 5 rings (SSSR count). The number of para-hydroxylation sites is 1. The summed E-state index contributed by atoms with van der Waals surface area (Å²) in [7, 11) is 0. The second-order valence-corrected chi connectivity index (χ2v) is 7.65. The van der Waals surface area contributed by atoms with Gasteiger partial charge in [0.05, 0.1) is 5.52 Å². The number of fused-ring (bicyclic) bond motifs is 3. The molecular weight excluding hydrogens is 372 g/mol. The summed E-state index contributed by atoms with van der Waals surface area (Å²) in [6.45, 7) is 6.58. The molecular formula is C21H21ClN6. The Hall–Kier alpha value is -2.70. The molecule has 7 heteroatoms. The van der Waals surface area contributed by atoms with Crippen molar-refractivity contribution in [1.82, 2.24) is 24.5 Å². The van der Waals surface area contributed by atoms with Gasteiger partial charge in [0.25, 0.3) is 0 Å². The molecule has 3 heterocycles. The number of aryl methyl sites for hydroxylation is 1. The van der Waals surface area contributed by atoms with Crippen LogP contribution < -0.4 is 4.90 Å². The van der Waals surface area contributed by atoms with Gasteiger partial charge in [0, 0.05) is 43.1 Å². The maximum absolute atomic E-state index is 6.12. The van der Waals surface area contributed by atoms with Crippen molar-refractivity contribution in [3.8, 4) is 0 Å². The minimum atomic E-state index is 0.763. The smallest absolute Gasteiger partial charge is 0.229 e. The molecule has 0 saturated carbocycles. The molecule has 2 aromatic carbocycles. The molecule has 0 bridgehead atoms. The van der Waals surface area contributed by atoms with E-state index in [1.807, 2.05) is 47.8 Å². The summed E-state index contributed by atoms with van der Waals surface area (Å²) in [5.41, 5.74) is 3.08. The average molecular weight is 393 g/mol. The van der Waals surface area contributed by atoms with E-state index in [9.17, 15) is 0 Å². The van der Waals surface area contributed by atoms with Crippen molar-refractivity contribution in [3.05, 3.63) is 64.9 Å². The summed E-state index contributed by atoms with van der Waals surface area (Å²) in [6, 6.07) is 16.2. The number of aromatic nitrogens is 4. The monoisotopic (exact) mass is 392 g/mol. The van der Waals surface area contributed by atoms with Crippen LogP contribution in [-0.4, -0.2) is 50.7 Å². The second kappa shape index (κ2) is 7.04. The molecule has 142 valence electrons. The Morgan fingerprint density at radius 2 is 1.79 bits per heavy atom. The van der Waals surface area contributed by atoms with E-state index in [1.165, 1.54) is 5.56 Å². The van der Waals surface area contributed by atoms with Gasteiger partial charge in [-0.2, -0.15) is 4.52 Å².